The van der Waals surface area contributed by atoms with Crippen LogP contribution in [0.15, 0.2) is 18.2 Å². The van der Waals surface area contributed by atoms with E-state index in [1.165, 1.54) is 6.92 Å². The van der Waals surface area contributed by atoms with Gasteiger partial charge >= 0.3 is 0 Å². The van der Waals surface area contributed by atoms with Crippen LogP contribution in [-0.2, 0) is 16.2 Å². The summed E-state index contributed by atoms with van der Waals surface area (Å²) in [7, 11) is 0. The second kappa shape index (κ2) is 5.16. The fourth-order valence-corrected chi connectivity index (χ4v) is 1.61. The molecule has 0 radical (unpaired) electrons. The number of carbonyl (C=O) groups is 1. The van der Waals surface area contributed by atoms with E-state index < -0.39 is 0 Å². The first-order valence-corrected chi connectivity index (χ1v) is 5.10. The molecule has 1 rings (SSSR count). The van der Waals surface area contributed by atoms with Crippen LogP contribution in [0.2, 0.25) is 0 Å². The van der Waals surface area contributed by atoms with Crippen molar-refractivity contribution < 1.29 is 9.63 Å². The van der Waals surface area contributed by atoms with E-state index in [4.69, 9.17) is 10.6 Å². The Morgan fingerprint density at radius 1 is 1.64 bits per heavy atom. The number of hydroxylamine groups is 1. The summed E-state index contributed by atoms with van der Waals surface area (Å²) in [4.78, 5) is 15.5. The Morgan fingerprint density at radius 2 is 2.36 bits per heavy atom. The Labute approximate surface area is 95.9 Å². The summed E-state index contributed by atoms with van der Waals surface area (Å²) in [5, 5.41) is 0. The average molecular weight is 306 g/mol. The third kappa shape index (κ3) is 3.15. The van der Waals surface area contributed by atoms with Crippen LogP contribution < -0.4 is 11.2 Å². The highest BCUT2D eigenvalue weighted by molar-refractivity contribution is 14.1. The number of nitrogen functional groups attached to an aromatic ring is 1. The van der Waals surface area contributed by atoms with Gasteiger partial charge in [0.2, 0.25) is 5.91 Å². The molecule has 4 nitrogen and oxygen atoms in total. The van der Waals surface area contributed by atoms with Gasteiger partial charge in [-0.15, -0.1) is 0 Å². The molecule has 0 unspecified atom stereocenters. The van der Waals surface area contributed by atoms with Gasteiger partial charge < -0.3 is 5.73 Å². The minimum atomic E-state index is -0.227. The first-order chi connectivity index (χ1) is 6.61. The quantitative estimate of drug-likeness (QED) is 0.504. The summed E-state index contributed by atoms with van der Waals surface area (Å²) in [5.74, 6) is -0.227. The van der Waals surface area contributed by atoms with Gasteiger partial charge in [0.05, 0.1) is 0 Å². The van der Waals surface area contributed by atoms with Gasteiger partial charge in [-0.3, -0.25) is 9.63 Å². The van der Waals surface area contributed by atoms with E-state index in [2.05, 4.69) is 28.1 Å². The molecule has 0 spiro atoms. The highest BCUT2D eigenvalue weighted by Gasteiger charge is 2.04. The van der Waals surface area contributed by atoms with Crippen LogP contribution in [0.1, 0.15) is 12.5 Å². The molecule has 14 heavy (non-hydrogen) atoms. The molecule has 0 saturated carbocycles. The standard InChI is InChI=1S/C9H11IN2O2/c1-6(13)12-14-5-7-8(10)3-2-4-9(7)11/h2-4H,5,11H2,1H3,(H,12,13). The van der Waals surface area contributed by atoms with E-state index in [1.807, 2.05) is 12.1 Å². The van der Waals surface area contributed by atoms with Gasteiger partial charge in [-0.25, -0.2) is 5.48 Å². The molecule has 0 aliphatic rings. The molecular weight excluding hydrogens is 295 g/mol. The first-order valence-electron chi connectivity index (χ1n) is 4.02. The number of anilines is 1. The Bertz CT molecular complexity index is 321. The number of nitrogens with one attached hydrogen (secondary N) is 1. The van der Waals surface area contributed by atoms with Crippen LogP contribution in [0.4, 0.5) is 5.69 Å². The lowest BCUT2D eigenvalue weighted by molar-refractivity contribution is -0.132. The number of carbonyl (C=O) groups excluding carboxylic acids is 1. The van der Waals surface area contributed by atoms with Crippen LogP contribution in [0.25, 0.3) is 0 Å². The number of nitrogens with two attached hydrogens (primary N) is 1. The number of benzene rings is 1. The highest BCUT2D eigenvalue weighted by Crippen LogP contribution is 2.19. The molecule has 5 heteroatoms. The largest absolute Gasteiger partial charge is 0.398 e. The van der Waals surface area contributed by atoms with E-state index in [0.717, 1.165) is 9.13 Å². The van der Waals surface area contributed by atoms with Crippen molar-refractivity contribution in [2.75, 3.05) is 5.73 Å². The van der Waals surface area contributed by atoms with E-state index >= 15 is 0 Å². The smallest absolute Gasteiger partial charge is 0.240 e. The van der Waals surface area contributed by atoms with Crippen molar-refractivity contribution in [3.05, 3.63) is 27.3 Å². The molecule has 0 aliphatic carbocycles. The molecule has 0 saturated heterocycles. The summed E-state index contributed by atoms with van der Waals surface area (Å²) < 4.78 is 1.02. The normalized spacial score (nSPS) is 9.86. The third-order valence-electron chi connectivity index (χ3n) is 1.59. The number of amides is 1. The number of hydrogen-bond donors (Lipinski definition) is 2. The molecule has 0 heterocycles. The van der Waals surface area contributed by atoms with Crippen LogP contribution in [0.5, 0.6) is 0 Å². The topological polar surface area (TPSA) is 64.3 Å². The molecule has 1 aromatic rings. The van der Waals surface area contributed by atoms with E-state index in [-0.39, 0.29) is 12.5 Å². The summed E-state index contributed by atoms with van der Waals surface area (Å²) in [6.45, 7) is 1.67. The predicted octanol–water partition coefficient (Wildman–Crippen LogP) is 1.44. The minimum Gasteiger partial charge on any atom is -0.398 e. The molecule has 0 atom stereocenters. The monoisotopic (exact) mass is 306 g/mol. The Balaban J connectivity index is 2.62. The summed E-state index contributed by atoms with van der Waals surface area (Å²) in [5.41, 5.74) is 9.55. The van der Waals surface area contributed by atoms with E-state index in [9.17, 15) is 4.79 Å². The maximum absolute atomic E-state index is 10.5. The van der Waals surface area contributed by atoms with Crippen molar-refractivity contribution in [3.8, 4) is 0 Å². The number of rotatable bonds is 3. The Hall–Kier alpha value is -0.820. The zero-order valence-electron chi connectivity index (χ0n) is 7.71. The molecule has 1 amide bonds. The molecular formula is C9H11IN2O2. The second-order valence-corrected chi connectivity index (χ2v) is 3.92. The molecule has 76 valence electrons. The van der Waals surface area contributed by atoms with Crippen molar-refractivity contribution >= 4 is 34.2 Å². The first kappa shape index (κ1) is 11.3. The van der Waals surface area contributed by atoms with Gasteiger partial charge in [0, 0.05) is 21.7 Å². The van der Waals surface area contributed by atoms with Crippen molar-refractivity contribution in [1.82, 2.24) is 5.48 Å². The van der Waals surface area contributed by atoms with Gasteiger partial charge in [-0.2, -0.15) is 0 Å². The maximum atomic E-state index is 10.5. The SMILES string of the molecule is CC(=O)NOCc1c(N)cccc1I. The van der Waals surface area contributed by atoms with E-state index in [0.29, 0.717) is 5.69 Å². The van der Waals surface area contributed by atoms with Crippen LogP contribution in [-0.4, -0.2) is 5.91 Å². The fourth-order valence-electron chi connectivity index (χ4n) is 0.937. The molecule has 0 fully saturated rings. The molecule has 3 N–H and O–H groups in total. The molecule has 0 bridgehead atoms. The predicted molar refractivity (Wildman–Crippen MR) is 62.2 cm³/mol. The fraction of sp³-hybridized carbons (Fsp3) is 0.222. The third-order valence-corrected chi connectivity index (χ3v) is 2.60. The summed E-state index contributed by atoms with van der Waals surface area (Å²) >= 11 is 2.17. The minimum absolute atomic E-state index is 0.227. The lowest BCUT2D eigenvalue weighted by Gasteiger charge is -2.08. The Morgan fingerprint density at radius 3 is 2.93 bits per heavy atom. The van der Waals surface area contributed by atoms with Gasteiger partial charge in [0.25, 0.3) is 0 Å². The molecule has 1 aromatic carbocycles. The number of hydrogen-bond acceptors (Lipinski definition) is 3. The Kier molecular flexibility index (Phi) is 4.15. The summed E-state index contributed by atoms with van der Waals surface area (Å²) in [6.07, 6.45) is 0. The van der Waals surface area contributed by atoms with Gasteiger partial charge in [0.15, 0.2) is 0 Å². The lowest BCUT2D eigenvalue weighted by atomic mass is 10.2. The van der Waals surface area contributed by atoms with Crippen LogP contribution in [0.3, 0.4) is 0 Å². The zero-order chi connectivity index (χ0) is 10.6. The zero-order valence-corrected chi connectivity index (χ0v) is 9.87. The molecule has 0 aliphatic heterocycles. The van der Waals surface area contributed by atoms with Gasteiger partial charge in [0.1, 0.15) is 6.61 Å². The lowest BCUT2D eigenvalue weighted by Crippen LogP contribution is -2.20. The van der Waals surface area contributed by atoms with E-state index in [1.54, 1.807) is 6.07 Å². The van der Waals surface area contributed by atoms with Gasteiger partial charge in [-0.05, 0) is 34.7 Å². The van der Waals surface area contributed by atoms with Crippen molar-refractivity contribution in [1.29, 1.82) is 0 Å². The average Bonchev–Trinajstić information content (AvgIpc) is 2.09. The summed E-state index contributed by atoms with van der Waals surface area (Å²) in [6, 6.07) is 5.61. The van der Waals surface area contributed by atoms with Crippen molar-refractivity contribution in [2.45, 2.75) is 13.5 Å². The van der Waals surface area contributed by atoms with Gasteiger partial charge in [-0.1, -0.05) is 6.07 Å². The van der Waals surface area contributed by atoms with Crippen molar-refractivity contribution in [3.63, 3.8) is 0 Å². The van der Waals surface area contributed by atoms with Crippen LogP contribution in [0, 0.1) is 3.57 Å². The van der Waals surface area contributed by atoms with Crippen molar-refractivity contribution in [2.24, 2.45) is 0 Å². The second-order valence-electron chi connectivity index (χ2n) is 2.75. The molecule has 0 aromatic heterocycles. The van der Waals surface area contributed by atoms with Crippen LogP contribution >= 0.6 is 22.6 Å². The highest BCUT2D eigenvalue weighted by atomic mass is 127. The maximum Gasteiger partial charge on any atom is 0.240 e. The number of halogens is 1.